The number of ether oxygens (including phenoxy) is 1. The first-order chi connectivity index (χ1) is 10.5. The third kappa shape index (κ3) is 2.95. The number of nitro groups is 1. The standard InChI is InChI=1S/C14H13N3O5/c1-8-6-11(8)14(18)21-7-12-15-16-13(22-12)9-2-4-10(5-3-9)17(19)20/h2-5,8,11H,6-7H2,1H3/t8-,11-/m1/s1. The fourth-order valence-corrected chi connectivity index (χ4v) is 2.04. The average Bonchev–Trinajstić information content (AvgIpc) is 3.06. The van der Waals surface area contributed by atoms with Gasteiger partial charge >= 0.3 is 5.97 Å². The summed E-state index contributed by atoms with van der Waals surface area (Å²) < 4.78 is 10.5. The maximum Gasteiger partial charge on any atom is 0.309 e. The zero-order valence-electron chi connectivity index (χ0n) is 11.8. The summed E-state index contributed by atoms with van der Waals surface area (Å²) in [4.78, 5) is 21.7. The van der Waals surface area contributed by atoms with E-state index in [4.69, 9.17) is 9.15 Å². The topological polar surface area (TPSA) is 108 Å². The van der Waals surface area contributed by atoms with Crippen molar-refractivity contribution in [3.8, 4) is 11.5 Å². The first-order valence-electron chi connectivity index (χ1n) is 6.78. The molecular formula is C14H13N3O5. The summed E-state index contributed by atoms with van der Waals surface area (Å²) in [6.07, 6.45) is 0.858. The van der Waals surface area contributed by atoms with Crippen LogP contribution in [-0.4, -0.2) is 21.1 Å². The van der Waals surface area contributed by atoms with Crippen LogP contribution in [0.15, 0.2) is 28.7 Å². The maximum absolute atomic E-state index is 11.6. The summed E-state index contributed by atoms with van der Waals surface area (Å²) in [5, 5.41) is 18.2. The van der Waals surface area contributed by atoms with Crippen molar-refractivity contribution in [3.05, 3.63) is 40.3 Å². The number of aromatic nitrogens is 2. The molecule has 3 rings (SSSR count). The molecule has 1 fully saturated rings. The first-order valence-corrected chi connectivity index (χ1v) is 6.78. The quantitative estimate of drug-likeness (QED) is 0.473. The number of nitrogens with zero attached hydrogens (tertiary/aromatic N) is 3. The molecule has 0 spiro atoms. The lowest BCUT2D eigenvalue weighted by Crippen LogP contribution is -2.07. The van der Waals surface area contributed by atoms with Gasteiger partial charge in [-0.3, -0.25) is 14.9 Å². The Balaban J connectivity index is 1.63. The van der Waals surface area contributed by atoms with Crippen LogP contribution in [0.5, 0.6) is 0 Å². The molecule has 0 amide bonds. The van der Waals surface area contributed by atoms with Gasteiger partial charge in [0.1, 0.15) is 0 Å². The minimum Gasteiger partial charge on any atom is -0.455 e. The second-order valence-electron chi connectivity index (χ2n) is 5.23. The Morgan fingerprint density at radius 1 is 1.41 bits per heavy atom. The molecule has 1 aromatic carbocycles. The molecule has 1 aromatic heterocycles. The second-order valence-corrected chi connectivity index (χ2v) is 5.23. The van der Waals surface area contributed by atoms with Gasteiger partial charge in [0.15, 0.2) is 6.61 Å². The van der Waals surface area contributed by atoms with Crippen LogP contribution in [0.4, 0.5) is 5.69 Å². The molecule has 1 heterocycles. The number of carbonyl (C=O) groups is 1. The van der Waals surface area contributed by atoms with Gasteiger partial charge < -0.3 is 9.15 Å². The van der Waals surface area contributed by atoms with E-state index in [1.807, 2.05) is 6.92 Å². The third-order valence-electron chi connectivity index (χ3n) is 3.54. The van der Waals surface area contributed by atoms with Crippen LogP contribution in [0.3, 0.4) is 0 Å². The molecule has 0 bridgehead atoms. The Bertz CT molecular complexity index is 710. The number of benzene rings is 1. The van der Waals surface area contributed by atoms with E-state index in [9.17, 15) is 14.9 Å². The zero-order chi connectivity index (χ0) is 15.7. The van der Waals surface area contributed by atoms with Crippen molar-refractivity contribution >= 4 is 11.7 Å². The number of rotatable bonds is 5. The summed E-state index contributed by atoms with van der Waals surface area (Å²) in [5.74, 6) is 0.529. The van der Waals surface area contributed by atoms with Gasteiger partial charge in [-0.15, -0.1) is 10.2 Å². The SMILES string of the molecule is C[C@@H]1C[C@H]1C(=O)OCc1nnc(-c2ccc([N+](=O)[O-])cc2)o1. The van der Waals surface area contributed by atoms with E-state index in [2.05, 4.69) is 10.2 Å². The second kappa shape index (κ2) is 5.55. The molecule has 2 atom stereocenters. The van der Waals surface area contributed by atoms with Gasteiger partial charge in [0.25, 0.3) is 11.6 Å². The summed E-state index contributed by atoms with van der Waals surface area (Å²) in [5.41, 5.74) is 0.544. The van der Waals surface area contributed by atoms with E-state index in [1.54, 1.807) is 0 Å². The van der Waals surface area contributed by atoms with Gasteiger partial charge in [0.05, 0.1) is 10.8 Å². The largest absolute Gasteiger partial charge is 0.455 e. The molecule has 0 aliphatic heterocycles. The fraction of sp³-hybridized carbons (Fsp3) is 0.357. The Labute approximate surface area is 125 Å². The smallest absolute Gasteiger partial charge is 0.309 e. The highest BCUT2D eigenvalue weighted by Gasteiger charge is 2.40. The zero-order valence-corrected chi connectivity index (χ0v) is 11.8. The highest BCUT2D eigenvalue weighted by atomic mass is 16.6. The van der Waals surface area contributed by atoms with Crippen LogP contribution in [0.2, 0.25) is 0 Å². The predicted octanol–water partition coefficient (Wildman–Crippen LogP) is 2.34. The Morgan fingerprint density at radius 2 is 2.09 bits per heavy atom. The molecule has 1 aliphatic rings. The van der Waals surface area contributed by atoms with Crippen molar-refractivity contribution in [2.45, 2.75) is 20.0 Å². The van der Waals surface area contributed by atoms with E-state index < -0.39 is 4.92 Å². The van der Waals surface area contributed by atoms with Crippen molar-refractivity contribution in [3.63, 3.8) is 0 Å². The monoisotopic (exact) mass is 303 g/mol. The summed E-state index contributed by atoms with van der Waals surface area (Å²) in [6, 6.07) is 5.75. The molecule has 0 unspecified atom stereocenters. The van der Waals surface area contributed by atoms with Crippen LogP contribution in [0.1, 0.15) is 19.2 Å². The number of non-ortho nitro benzene ring substituents is 1. The van der Waals surface area contributed by atoms with Crippen LogP contribution >= 0.6 is 0 Å². The van der Waals surface area contributed by atoms with Gasteiger partial charge in [0, 0.05) is 17.7 Å². The third-order valence-corrected chi connectivity index (χ3v) is 3.54. The molecule has 0 saturated heterocycles. The van der Waals surface area contributed by atoms with E-state index in [-0.39, 0.29) is 36.0 Å². The number of carbonyl (C=O) groups excluding carboxylic acids is 1. The lowest BCUT2D eigenvalue weighted by molar-refractivity contribution is -0.384. The number of hydrogen-bond acceptors (Lipinski definition) is 7. The Morgan fingerprint density at radius 3 is 2.68 bits per heavy atom. The van der Waals surface area contributed by atoms with Crippen molar-refractivity contribution in [1.82, 2.24) is 10.2 Å². The molecule has 2 aromatic rings. The molecule has 0 N–H and O–H groups in total. The highest BCUT2D eigenvalue weighted by Crippen LogP contribution is 2.38. The molecular weight excluding hydrogens is 290 g/mol. The fourth-order valence-electron chi connectivity index (χ4n) is 2.04. The highest BCUT2D eigenvalue weighted by molar-refractivity contribution is 5.75. The minimum atomic E-state index is -0.485. The summed E-state index contributed by atoms with van der Waals surface area (Å²) >= 11 is 0. The van der Waals surface area contributed by atoms with Crippen LogP contribution in [-0.2, 0) is 16.1 Å². The Hall–Kier alpha value is -2.77. The van der Waals surface area contributed by atoms with Crippen molar-refractivity contribution in [2.24, 2.45) is 11.8 Å². The molecule has 8 heteroatoms. The van der Waals surface area contributed by atoms with Gasteiger partial charge in [0.2, 0.25) is 5.89 Å². The normalized spacial score (nSPS) is 19.7. The lowest BCUT2D eigenvalue weighted by Gasteiger charge is -1.99. The van der Waals surface area contributed by atoms with E-state index >= 15 is 0 Å². The van der Waals surface area contributed by atoms with E-state index in [1.165, 1.54) is 24.3 Å². The summed E-state index contributed by atoms with van der Waals surface area (Å²) in [7, 11) is 0. The molecule has 114 valence electrons. The van der Waals surface area contributed by atoms with Crippen molar-refractivity contribution in [1.29, 1.82) is 0 Å². The first kappa shape index (κ1) is 14.2. The number of esters is 1. The molecule has 1 saturated carbocycles. The minimum absolute atomic E-state index is 0.0166. The summed E-state index contributed by atoms with van der Waals surface area (Å²) in [6.45, 7) is 1.92. The molecule has 0 radical (unpaired) electrons. The number of hydrogen-bond donors (Lipinski definition) is 0. The van der Waals surface area contributed by atoms with Crippen LogP contribution < -0.4 is 0 Å². The average molecular weight is 303 g/mol. The van der Waals surface area contributed by atoms with Crippen molar-refractivity contribution < 1.29 is 18.9 Å². The number of nitro benzene ring substituents is 1. The van der Waals surface area contributed by atoms with Gasteiger partial charge in [-0.05, 0) is 24.5 Å². The Kier molecular flexibility index (Phi) is 3.58. The molecule has 8 nitrogen and oxygen atoms in total. The van der Waals surface area contributed by atoms with Gasteiger partial charge in [-0.2, -0.15) is 0 Å². The lowest BCUT2D eigenvalue weighted by atomic mass is 10.2. The van der Waals surface area contributed by atoms with Crippen LogP contribution in [0.25, 0.3) is 11.5 Å². The van der Waals surface area contributed by atoms with Gasteiger partial charge in [-0.25, -0.2) is 0 Å². The van der Waals surface area contributed by atoms with Crippen molar-refractivity contribution in [2.75, 3.05) is 0 Å². The van der Waals surface area contributed by atoms with E-state index in [0.29, 0.717) is 11.5 Å². The molecule has 1 aliphatic carbocycles. The maximum atomic E-state index is 11.6. The van der Waals surface area contributed by atoms with E-state index in [0.717, 1.165) is 6.42 Å². The van der Waals surface area contributed by atoms with Crippen LogP contribution in [0, 0.1) is 22.0 Å². The molecule has 22 heavy (non-hydrogen) atoms. The van der Waals surface area contributed by atoms with Gasteiger partial charge in [-0.1, -0.05) is 6.92 Å². The predicted molar refractivity (Wildman–Crippen MR) is 73.5 cm³/mol.